The number of nitrogens with one attached hydrogen (secondary N) is 1. The van der Waals surface area contributed by atoms with Crippen molar-refractivity contribution in [2.75, 3.05) is 0 Å². The molecule has 3 rings (SSSR count). The molecular formula is C18H15N5O3S. The lowest BCUT2D eigenvalue weighted by molar-refractivity contribution is -0.137. The molecule has 0 aliphatic heterocycles. The maximum absolute atomic E-state index is 12.7. The van der Waals surface area contributed by atoms with E-state index in [1.54, 1.807) is 36.5 Å². The minimum absolute atomic E-state index is 0.148. The molecule has 3 aromatic rings. The van der Waals surface area contributed by atoms with Crippen LogP contribution >= 0.6 is 11.5 Å². The van der Waals surface area contributed by atoms with E-state index in [2.05, 4.69) is 19.7 Å². The van der Waals surface area contributed by atoms with Gasteiger partial charge in [0.05, 0.1) is 22.3 Å². The average molecular weight is 381 g/mol. The number of primary amides is 1. The van der Waals surface area contributed by atoms with Crippen molar-refractivity contribution in [1.29, 1.82) is 0 Å². The summed E-state index contributed by atoms with van der Waals surface area (Å²) >= 11 is 1.10. The zero-order valence-corrected chi connectivity index (χ0v) is 14.8. The molecule has 0 fully saturated rings. The van der Waals surface area contributed by atoms with Gasteiger partial charge in [-0.3, -0.25) is 14.4 Å². The zero-order valence-electron chi connectivity index (χ0n) is 14.0. The van der Waals surface area contributed by atoms with Gasteiger partial charge in [-0.05, 0) is 23.2 Å². The van der Waals surface area contributed by atoms with E-state index in [9.17, 15) is 14.4 Å². The number of carbonyl (C=O) groups excluding carboxylic acids is 3. The third-order valence-electron chi connectivity index (χ3n) is 3.78. The van der Waals surface area contributed by atoms with Crippen LogP contribution in [-0.4, -0.2) is 38.0 Å². The van der Waals surface area contributed by atoms with Crippen LogP contribution in [0.15, 0.2) is 55.1 Å². The lowest BCUT2D eigenvalue weighted by Gasteiger charge is -2.16. The Bertz CT molecular complexity index is 959. The number of rotatable bonds is 7. The smallest absolute Gasteiger partial charge is 0.287 e. The van der Waals surface area contributed by atoms with Crippen molar-refractivity contribution < 1.29 is 14.4 Å². The normalized spacial score (nSPS) is 11.6. The van der Waals surface area contributed by atoms with Gasteiger partial charge in [-0.15, -0.1) is 0 Å². The minimum atomic E-state index is -1.10. The quantitative estimate of drug-likeness (QED) is 0.588. The van der Waals surface area contributed by atoms with Crippen LogP contribution in [0.1, 0.15) is 15.9 Å². The Hall–Kier alpha value is -3.46. The van der Waals surface area contributed by atoms with Gasteiger partial charge in [-0.2, -0.15) is 4.37 Å². The number of amides is 2. The Morgan fingerprint density at radius 2 is 1.93 bits per heavy atom. The lowest BCUT2D eigenvalue weighted by atomic mass is 10.0. The molecule has 2 heterocycles. The first-order valence-corrected chi connectivity index (χ1v) is 8.73. The lowest BCUT2D eigenvalue weighted by Crippen LogP contribution is -2.47. The minimum Gasteiger partial charge on any atom is -0.363 e. The van der Waals surface area contributed by atoms with Gasteiger partial charge in [0.25, 0.3) is 11.8 Å². The average Bonchev–Trinajstić information content (AvgIpc) is 3.18. The van der Waals surface area contributed by atoms with Gasteiger partial charge in [0.1, 0.15) is 12.4 Å². The second-order valence-corrected chi connectivity index (χ2v) is 6.41. The van der Waals surface area contributed by atoms with Crippen LogP contribution in [0.4, 0.5) is 0 Å². The Morgan fingerprint density at radius 3 is 2.59 bits per heavy atom. The Kier molecular flexibility index (Phi) is 5.62. The molecule has 27 heavy (non-hydrogen) atoms. The third-order valence-corrected chi connectivity index (χ3v) is 4.60. The highest BCUT2D eigenvalue weighted by atomic mass is 32.1. The largest absolute Gasteiger partial charge is 0.363 e. The van der Waals surface area contributed by atoms with Gasteiger partial charge in [-0.1, -0.05) is 30.3 Å². The fraction of sp³-hybridized carbons (Fsp3) is 0.111. The molecule has 9 heteroatoms. The monoisotopic (exact) mass is 381 g/mol. The van der Waals surface area contributed by atoms with E-state index in [-0.39, 0.29) is 12.0 Å². The number of hydrogen-bond donors (Lipinski definition) is 2. The Balaban J connectivity index is 1.84. The number of Topliss-reactive ketones (excluding diaryl/α,β-unsaturated/α-hetero) is 1. The first-order chi connectivity index (χ1) is 13.1. The molecule has 1 unspecified atom stereocenters. The van der Waals surface area contributed by atoms with Crippen molar-refractivity contribution in [2.45, 2.75) is 12.5 Å². The van der Waals surface area contributed by atoms with E-state index < -0.39 is 23.6 Å². The van der Waals surface area contributed by atoms with Crippen molar-refractivity contribution in [1.82, 2.24) is 19.7 Å². The summed E-state index contributed by atoms with van der Waals surface area (Å²) in [5.74, 6) is -2.50. The highest BCUT2D eigenvalue weighted by molar-refractivity contribution is 7.10. The fourth-order valence-corrected chi connectivity index (χ4v) is 3.20. The second-order valence-electron chi connectivity index (χ2n) is 5.61. The standard InChI is InChI=1S/C18H15N5O3S/c19-17(25)15(24)14(8-11-4-2-1-3-5-11)23-18(26)12-9-22-27-16(12)13-6-7-20-10-21-13/h1-7,9-10,14H,8H2,(H2,19,25)(H,23,26). The zero-order chi connectivity index (χ0) is 19.2. The van der Waals surface area contributed by atoms with Crippen molar-refractivity contribution in [3.8, 4) is 10.6 Å². The van der Waals surface area contributed by atoms with Gasteiger partial charge in [0, 0.05) is 12.6 Å². The van der Waals surface area contributed by atoms with Gasteiger partial charge in [0.15, 0.2) is 0 Å². The number of hydrogen-bond acceptors (Lipinski definition) is 7. The predicted octanol–water partition coefficient (Wildman–Crippen LogP) is 0.996. The topological polar surface area (TPSA) is 128 Å². The van der Waals surface area contributed by atoms with Crippen LogP contribution in [0, 0.1) is 0 Å². The van der Waals surface area contributed by atoms with Crippen LogP contribution in [-0.2, 0) is 16.0 Å². The number of carbonyl (C=O) groups is 3. The summed E-state index contributed by atoms with van der Waals surface area (Å²) in [7, 11) is 0. The van der Waals surface area contributed by atoms with Gasteiger partial charge >= 0.3 is 0 Å². The summed E-state index contributed by atoms with van der Waals surface area (Å²) in [6, 6.07) is 9.61. The summed E-state index contributed by atoms with van der Waals surface area (Å²) in [6.45, 7) is 0. The molecule has 0 bridgehead atoms. The van der Waals surface area contributed by atoms with E-state index in [1.165, 1.54) is 12.5 Å². The highest BCUT2D eigenvalue weighted by Crippen LogP contribution is 2.25. The Morgan fingerprint density at radius 1 is 1.15 bits per heavy atom. The fourth-order valence-electron chi connectivity index (χ4n) is 2.48. The van der Waals surface area contributed by atoms with Crippen molar-refractivity contribution >= 4 is 29.1 Å². The van der Waals surface area contributed by atoms with E-state index in [1.807, 2.05) is 6.07 Å². The molecule has 1 aromatic carbocycles. The van der Waals surface area contributed by atoms with Crippen LogP contribution in [0.5, 0.6) is 0 Å². The SMILES string of the molecule is NC(=O)C(=O)C(Cc1ccccc1)NC(=O)c1cnsc1-c1ccncn1. The summed E-state index contributed by atoms with van der Waals surface area (Å²) in [4.78, 5) is 44.8. The molecule has 3 N–H and O–H groups in total. The molecule has 1 atom stereocenters. The number of aromatic nitrogens is 3. The molecule has 2 aromatic heterocycles. The van der Waals surface area contributed by atoms with Crippen molar-refractivity contribution in [3.05, 3.63) is 66.2 Å². The molecule has 0 spiro atoms. The predicted molar refractivity (Wildman–Crippen MR) is 98.7 cm³/mol. The van der Waals surface area contributed by atoms with Crippen molar-refractivity contribution in [3.63, 3.8) is 0 Å². The second kappa shape index (κ2) is 8.28. The van der Waals surface area contributed by atoms with Crippen LogP contribution in [0.3, 0.4) is 0 Å². The van der Waals surface area contributed by atoms with Crippen LogP contribution in [0.2, 0.25) is 0 Å². The van der Waals surface area contributed by atoms with Gasteiger partial charge in [0.2, 0.25) is 5.78 Å². The van der Waals surface area contributed by atoms with E-state index in [0.717, 1.165) is 17.1 Å². The number of nitrogens with zero attached hydrogens (tertiary/aromatic N) is 3. The molecule has 8 nitrogen and oxygen atoms in total. The number of nitrogens with two attached hydrogens (primary N) is 1. The molecule has 0 radical (unpaired) electrons. The number of benzene rings is 1. The maximum Gasteiger partial charge on any atom is 0.287 e. The van der Waals surface area contributed by atoms with Crippen molar-refractivity contribution in [2.24, 2.45) is 5.73 Å². The molecule has 2 amide bonds. The highest BCUT2D eigenvalue weighted by Gasteiger charge is 2.27. The summed E-state index contributed by atoms with van der Waals surface area (Å²) in [5, 5.41) is 2.59. The first kappa shape index (κ1) is 18.3. The number of ketones is 1. The van der Waals surface area contributed by atoms with E-state index in [0.29, 0.717) is 10.6 Å². The Labute approximate surface area is 158 Å². The molecule has 0 aliphatic rings. The molecule has 136 valence electrons. The first-order valence-electron chi connectivity index (χ1n) is 7.95. The van der Waals surface area contributed by atoms with Gasteiger partial charge < -0.3 is 11.1 Å². The molecular weight excluding hydrogens is 366 g/mol. The molecule has 0 saturated carbocycles. The molecule has 0 aliphatic carbocycles. The van der Waals surface area contributed by atoms with E-state index in [4.69, 9.17) is 5.73 Å². The van der Waals surface area contributed by atoms with Crippen LogP contribution < -0.4 is 11.1 Å². The molecule has 0 saturated heterocycles. The summed E-state index contributed by atoms with van der Waals surface area (Å²) in [6.07, 6.45) is 4.46. The third kappa shape index (κ3) is 4.39. The van der Waals surface area contributed by atoms with E-state index >= 15 is 0 Å². The summed E-state index contributed by atoms with van der Waals surface area (Å²) in [5.41, 5.74) is 6.73. The maximum atomic E-state index is 12.7. The van der Waals surface area contributed by atoms with Gasteiger partial charge in [-0.25, -0.2) is 9.97 Å². The summed E-state index contributed by atoms with van der Waals surface area (Å²) < 4.78 is 4.03. The van der Waals surface area contributed by atoms with Crippen LogP contribution in [0.25, 0.3) is 10.6 Å².